The average molecular weight is 964 g/mol. The SMILES string of the molecule is COc1ccc(/C(O)=C/C(=O)c2ccc(C(=O)Nc3cc(NC(=O)c4ccc(C(=O)/C=C(\O)c5ccc(OC)cc5)cc4)cc(NC(=O)c4ccc(C(=O)/C=C(\O)c5ccc(OC)cc5)cc4)c3)cc2)cc1. The van der Waals surface area contributed by atoms with Crippen molar-refractivity contribution in [2.75, 3.05) is 37.3 Å². The van der Waals surface area contributed by atoms with E-state index in [9.17, 15) is 44.1 Å². The highest BCUT2D eigenvalue weighted by molar-refractivity contribution is 6.12. The van der Waals surface area contributed by atoms with Gasteiger partial charge in [0.05, 0.1) is 21.3 Å². The first-order valence-corrected chi connectivity index (χ1v) is 21.9. The molecule has 7 aromatic carbocycles. The Morgan fingerprint density at radius 1 is 0.319 bits per heavy atom. The number of ether oxygens (including phenoxy) is 3. The molecule has 15 heteroatoms. The van der Waals surface area contributed by atoms with E-state index in [-0.39, 0.29) is 67.7 Å². The number of anilines is 3. The van der Waals surface area contributed by atoms with Gasteiger partial charge in [0.1, 0.15) is 34.5 Å². The van der Waals surface area contributed by atoms with E-state index in [0.29, 0.717) is 33.9 Å². The maximum Gasteiger partial charge on any atom is 0.255 e. The first-order chi connectivity index (χ1) is 34.7. The number of methoxy groups -OCH3 is 3. The van der Waals surface area contributed by atoms with Gasteiger partial charge in [0, 0.05) is 85.4 Å². The van der Waals surface area contributed by atoms with Gasteiger partial charge in [-0.3, -0.25) is 28.8 Å². The summed E-state index contributed by atoms with van der Waals surface area (Å²) >= 11 is 0. The Bertz CT molecular complexity index is 2890. The van der Waals surface area contributed by atoms with Gasteiger partial charge in [-0.2, -0.15) is 0 Å². The second-order valence-corrected chi connectivity index (χ2v) is 15.8. The van der Waals surface area contributed by atoms with Crippen LogP contribution in [0.4, 0.5) is 17.1 Å². The lowest BCUT2D eigenvalue weighted by atomic mass is 10.0. The Labute approximate surface area is 413 Å². The molecule has 0 bridgehead atoms. The summed E-state index contributed by atoms with van der Waals surface area (Å²) < 4.78 is 15.4. The minimum atomic E-state index is -0.606. The molecule has 6 N–H and O–H groups in total. The van der Waals surface area contributed by atoms with Gasteiger partial charge >= 0.3 is 0 Å². The van der Waals surface area contributed by atoms with Crippen LogP contribution >= 0.6 is 0 Å². The van der Waals surface area contributed by atoms with Gasteiger partial charge in [0.15, 0.2) is 17.3 Å². The van der Waals surface area contributed by atoms with Crippen LogP contribution in [0.3, 0.4) is 0 Å². The minimum absolute atomic E-state index is 0.148. The molecule has 7 rings (SSSR count). The van der Waals surface area contributed by atoms with Crippen molar-refractivity contribution in [2.45, 2.75) is 0 Å². The summed E-state index contributed by atoms with van der Waals surface area (Å²) in [4.78, 5) is 79.8. The van der Waals surface area contributed by atoms with Crippen molar-refractivity contribution in [3.63, 3.8) is 0 Å². The first-order valence-electron chi connectivity index (χ1n) is 21.9. The molecule has 0 fully saturated rings. The summed E-state index contributed by atoms with van der Waals surface area (Å²) in [7, 11) is 4.53. The molecule has 0 saturated heterocycles. The van der Waals surface area contributed by atoms with Crippen LogP contribution in [-0.4, -0.2) is 71.7 Å². The highest BCUT2D eigenvalue weighted by Crippen LogP contribution is 2.26. The molecule has 0 unspecified atom stereocenters. The van der Waals surface area contributed by atoms with Crippen molar-refractivity contribution < 1.29 is 58.3 Å². The Morgan fingerprint density at radius 2 is 0.514 bits per heavy atom. The van der Waals surface area contributed by atoms with Crippen LogP contribution in [0.2, 0.25) is 0 Å². The summed E-state index contributed by atoms with van der Waals surface area (Å²) in [5, 5.41) is 39.9. The van der Waals surface area contributed by atoms with E-state index in [0.717, 1.165) is 18.2 Å². The smallest absolute Gasteiger partial charge is 0.255 e. The summed E-state index contributed by atoms with van der Waals surface area (Å²) in [5.74, 6) is -2.39. The fourth-order valence-corrected chi connectivity index (χ4v) is 6.97. The predicted octanol–water partition coefficient (Wildman–Crippen LogP) is 10.8. The molecule has 0 spiro atoms. The normalized spacial score (nSPS) is 11.5. The number of amides is 3. The molecule has 72 heavy (non-hydrogen) atoms. The summed E-state index contributed by atoms with van der Waals surface area (Å²) in [6, 6.07) is 40.9. The van der Waals surface area contributed by atoms with Crippen molar-refractivity contribution in [3.05, 3.63) is 232 Å². The van der Waals surface area contributed by atoms with Gasteiger partial charge in [0.2, 0.25) is 0 Å². The highest BCUT2D eigenvalue weighted by Gasteiger charge is 2.16. The third-order valence-electron chi connectivity index (χ3n) is 11.0. The number of hydrogen-bond acceptors (Lipinski definition) is 12. The monoisotopic (exact) mass is 963 g/mol. The lowest BCUT2D eigenvalue weighted by molar-refractivity contribution is 0.101. The number of allylic oxidation sites excluding steroid dienone is 3. The molecule has 0 radical (unpaired) electrons. The standard InChI is InChI=1S/C57H45N3O12/c1-70-46-22-16-37(17-23-46)52(64)31-49(61)34-4-10-40(11-5-34)55(67)58-43-28-44(59-56(68)41-12-6-35(7-13-41)50(62)32-53(65)38-18-24-47(71-2)25-19-38)30-45(29-43)60-57(69)42-14-8-36(9-15-42)51(63)33-54(66)39-20-26-48(72-3)27-21-39/h4-33,64-66H,1-3H3,(H,58,67)(H,59,68)(H,60,69)/b52-31-,53-32-,54-33-. The molecule has 7 aromatic rings. The molecule has 15 nitrogen and oxygen atoms in total. The molecule has 0 aliphatic rings. The third-order valence-corrected chi connectivity index (χ3v) is 11.0. The topological polar surface area (TPSA) is 227 Å². The number of carbonyl (C=O) groups excluding carboxylic acids is 6. The third kappa shape index (κ3) is 12.7. The van der Waals surface area contributed by atoms with Crippen LogP contribution in [0.1, 0.15) is 78.8 Å². The molecule has 0 heterocycles. The molecule has 0 aromatic heterocycles. The first kappa shape index (κ1) is 49.9. The van der Waals surface area contributed by atoms with Crippen LogP contribution in [0, 0.1) is 0 Å². The van der Waals surface area contributed by atoms with Gasteiger partial charge in [-0.25, -0.2) is 0 Å². The zero-order valence-electron chi connectivity index (χ0n) is 38.8. The number of nitrogens with one attached hydrogen (secondary N) is 3. The Balaban J connectivity index is 1.08. The molecule has 0 saturated carbocycles. The summed E-state index contributed by atoms with van der Waals surface area (Å²) in [6.45, 7) is 0. The number of ketones is 3. The Kier molecular flexibility index (Phi) is 15.8. The van der Waals surface area contributed by atoms with Crippen LogP contribution in [0.25, 0.3) is 17.3 Å². The number of hydrogen-bond donors (Lipinski definition) is 6. The van der Waals surface area contributed by atoms with Gasteiger partial charge < -0.3 is 45.5 Å². The van der Waals surface area contributed by atoms with E-state index in [2.05, 4.69) is 16.0 Å². The fraction of sp³-hybridized carbons (Fsp3) is 0.0526. The number of rotatable bonds is 18. The van der Waals surface area contributed by atoms with E-state index in [1.165, 1.54) is 112 Å². The highest BCUT2D eigenvalue weighted by atomic mass is 16.5. The number of aliphatic hydroxyl groups excluding tert-OH is 3. The second kappa shape index (κ2) is 22.9. The van der Waals surface area contributed by atoms with Gasteiger partial charge in [-0.1, -0.05) is 36.4 Å². The van der Waals surface area contributed by atoms with Crippen molar-refractivity contribution >= 4 is 69.4 Å². The van der Waals surface area contributed by atoms with E-state index < -0.39 is 35.1 Å². The maximum atomic E-state index is 13.6. The number of benzene rings is 7. The molecule has 0 aliphatic carbocycles. The summed E-state index contributed by atoms with van der Waals surface area (Å²) in [6.07, 6.45) is 3.20. The largest absolute Gasteiger partial charge is 0.507 e. The van der Waals surface area contributed by atoms with E-state index >= 15 is 0 Å². The molecular formula is C57H45N3O12. The predicted molar refractivity (Wildman–Crippen MR) is 273 cm³/mol. The van der Waals surface area contributed by atoms with Crippen LogP contribution < -0.4 is 30.2 Å². The molecule has 0 aliphatic heterocycles. The quantitative estimate of drug-likeness (QED) is 0.0268. The zero-order chi connectivity index (χ0) is 51.3. The van der Waals surface area contributed by atoms with Crippen LogP contribution in [-0.2, 0) is 0 Å². The molecular weight excluding hydrogens is 919 g/mol. The van der Waals surface area contributed by atoms with Gasteiger partial charge in [0.25, 0.3) is 17.7 Å². The maximum absolute atomic E-state index is 13.6. The Morgan fingerprint density at radius 3 is 0.722 bits per heavy atom. The number of aliphatic hydroxyl groups is 3. The van der Waals surface area contributed by atoms with Gasteiger partial charge in [-0.05, 0) is 127 Å². The van der Waals surface area contributed by atoms with Gasteiger partial charge in [-0.15, -0.1) is 0 Å². The molecule has 360 valence electrons. The minimum Gasteiger partial charge on any atom is -0.507 e. The molecule has 3 amide bonds. The second-order valence-electron chi connectivity index (χ2n) is 15.8. The lowest BCUT2D eigenvalue weighted by Crippen LogP contribution is -2.16. The van der Waals surface area contributed by atoms with E-state index in [1.807, 2.05) is 0 Å². The van der Waals surface area contributed by atoms with Crippen molar-refractivity contribution in [1.29, 1.82) is 0 Å². The molecule has 0 atom stereocenters. The van der Waals surface area contributed by atoms with Crippen molar-refractivity contribution in [3.8, 4) is 17.2 Å². The van der Waals surface area contributed by atoms with E-state index in [1.54, 1.807) is 72.8 Å². The fourth-order valence-electron chi connectivity index (χ4n) is 6.97. The Hall–Kier alpha value is -10.0. The van der Waals surface area contributed by atoms with Crippen LogP contribution in [0.5, 0.6) is 17.2 Å². The van der Waals surface area contributed by atoms with Crippen molar-refractivity contribution in [2.24, 2.45) is 0 Å². The number of carbonyl (C=O) groups is 6. The van der Waals surface area contributed by atoms with Crippen LogP contribution in [0.15, 0.2) is 182 Å². The average Bonchev–Trinajstić information content (AvgIpc) is 3.40. The van der Waals surface area contributed by atoms with E-state index in [4.69, 9.17) is 14.2 Å². The lowest BCUT2D eigenvalue weighted by Gasteiger charge is -2.14. The van der Waals surface area contributed by atoms with Crippen molar-refractivity contribution in [1.82, 2.24) is 0 Å². The zero-order valence-corrected chi connectivity index (χ0v) is 38.8. The summed E-state index contributed by atoms with van der Waals surface area (Å²) in [5.41, 5.74) is 2.69.